The molecule has 0 bridgehead atoms. The molecule has 1 aromatic rings. The summed E-state index contributed by atoms with van der Waals surface area (Å²) in [4.78, 5) is 21.2. The first-order valence-corrected chi connectivity index (χ1v) is 3.66. The van der Waals surface area contributed by atoms with Crippen LogP contribution in [-0.2, 0) is 9.59 Å². The van der Waals surface area contributed by atoms with Crippen LogP contribution in [-0.4, -0.2) is 17.5 Å². The molecule has 0 radical (unpaired) electrons. The minimum Gasteiger partial charge on any atom is -0.479 e. The van der Waals surface area contributed by atoms with Gasteiger partial charge in [0.15, 0.2) is 6.04 Å². The molecule has 1 rings (SSSR count). The van der Waals surface area contributed by atoms with E-state index >= 15 is 0 Å². The Morgan fingerprint density at radius 2 is 2.15 bits per heavy atom. The van der Waals surface area contributed by atoms with Gasteiger partial charge in [0.1, 0.15) is 1.37 Å². The molecule has 1 aromatic carbocycles. The zero-order valence-corrected chi connectivity index (χ0v) is 6.73. The van der Waals surface area contributed by atoms with E-state index in [9.17, 15) is 9.59 Å². The molecule has 0 fully saturated rings. The van der Waals surface area contributed by atoms with E-state index in [0.29, 0.717) is 5.56 Å². The van der Waals surface area contributed by atoms with E-state index < -0.39 is 18.4 Å². The van der Waals surface area contributed by atoms with Crippen molar-refractivity contribution >= 4 is 12.4 Å². The molecule has 13 heavy (non-hydrogen) atoms. The van der Waals surface area contributed by atoms with Crippen molar-refractivity contribution in [3.8, 4) is 0 Å². The smallest absolute Gasteiger partial charge is 0.330 e. The number of amides is 1. The summed E-state index contributed by atoms with van der Waals surface area (Å²) in [6, 6.07) is 7.08. The maximum absolute atomic E-state index is 10.7. The van der Waals surface area contributed by atoms with Gasteiger partial charge in [0.2, 0.25) is 6.39 Å². The number of aliphatic carboxylic acids is 1. The first kappa shape index (κ1) is 7.79. The van der Waals surface area contributed by atoms with Crippen molar-refractivity contribution in [1.82, 2.24) is 5.32 Å². The summed E-state index contributed by atoms with van der Waals surface area (Å²) < 4.78 is 6.64. The van der Waals surface area contributed by atoms with Crippen LogP contribution in [0, 0.1) is 0 Å². The normalized spacial score (nSPS) is 12.8. The van der Waals surface area contributed by atoms with E-state index in [0.717, 1.165) is 0 Å². The van der Waals surface area contributed by atoms with Crippen LogP contribution in [0.4, 0.5) is 0 Å². The van der Waals surface area contributed by atoms with E-state index in [1.54, 1.807) is 30.3 Å². The van der Waals surface area contributed by atoms with Crippen LogP contribution in [0.5, 0.6) is 0 Å². The second-order valence-corrected chi connectivity index (χ2v) is 2.43. The highest BCUT2D eigenvalue weighted by Gasteiger charge is 2.17. The van der Waals surface area contributed by atoms with E-state index in [1.807, 2.05) is 5.32 Å². The van der Waals surface area contributed by atoms with Gasteiger partial charge in [0.25, 0.3) is 0 Å². The summed E-state index contributed by atoms with van der Waals surface area (Å²) in [5.41, 5.74) is 0.445. The number of hydrogen-bond acceptors (Lipinski definition) is 2. The summed E-state index contributed by atoms with van der Waals surface area (Å²) in [5.74, 6) is -1.18. The molecule has 1 atom stereocenters. The van der Waals surface area contributed by atoms with Crippen molar-refractivity contribution in [2.24, 2.45) is 0 Å². The SMILES string of the molecule is [2H]C(=O)NC(C(=O)O)c1ccccc1. The number of carboxylic acids is 1. The Kier molecular flexibility index (Phi) is 2.55. The average Bonchev–Trinajstić information content (AvgIpc) is 2.15. The number of carbonyl (C=O) groups excluding carboxylic acids is 1. The lowest BCUT2D eigenvalue weighted by Gasteiger charge is -2.10. The van der Waals surface area contributed by atoms with Gasteiger partial charge in [-0.25, -0.2) is 4.79 Å². The van der Waals surface area contributed by atoms with Gasteiger partial charge in [-0.2, -0.15) is 0 Å². The van der Waals surface area contributed by atoms with E-state index in [2.05, 4.69) is 0 Å². The van der Waals surface area contributed by atoms with Gasteiger partial charge in [-0.3, -0.25) is 4.79 Å². The van der Waals surface area contributed by atoms with E-state index in [4.69, 9.17) is 6.48 Å². The number of benzene rings is 1. The predicted molar refractivity (Wildman–Crippen MR) is 46.0 cm³/mol. The first-order chi connectivity index (χ1) is 6.61. The Morgan fingerprint density at radius 1 is 1.54 bits per heavy atom. The third kappa shape index (κ3) is 2.30. The molecule has 0 saturated carbocycles. The highest BCUT2D eigenvalue weighted by atomic mass is 16.4. The van der Waals surface area contributed by atoms with Crippen molar-refractivity contribution in [2.45, 2.75) is 6.04 Å². The van der Waals surface area contributed by atoms with Crippen LogP contribution >= 0.6 is 0 Å². The molecule has 0 aliphatic rings. The molecule has 0 aromatic heterocycles. The molecule has 0 aliphatic heterocycles. The molecule has 2 N–H and O–H groups in total. The van der Waals surface area contributed by atoms with Gasteiger partial charge in [-0.05, 0) is 5.56 Å². The van der Waals surface area contributed by atoms with E-state index in [1.165, 1.54) is 0 Å². The highest BCUT2D eigenvalue weighted by molar-refractivity contribution is 5.78. The summed E-state index contributed by atoms with van der Waals surface area (Å²) in [6.07, 6.45) is -1.11. The lowest BCUT2D eigenvalue weighted by Crippen LogP contribution is -2.27. The second-order valence-electron chi connectivity index (χ2n) is 2.43. The van der Waals surface area contributed by atoms with Crippen molar-refractivity contribution in [1.29, 1.82) is 0 Å². The lowest BCUT2D eigenvalue weighted by atomic mass is 10.1. The topological polar surface area (TPSA) is 66.4 Å². The van der Waals surface area contributed by atoms with Gasteiger partial charge < -0.3 is 10.4 Å². The summed E-state index contributed by atoms with van der Waals surface area (Å²) in [6.45, 7) is 0. The Bertz CT molecular complexity index is 339. The largest absolute Gasteiger partial charge is 0.479 e. The van der Waals surface area contributed by atoms with Crippen LogP contribution in [0.1, 0.15) is 13.0 Å². The highest BCUT2D eigenvalue weighted by Crippen LogP contribution is 2.11. The van der Waals surface area contributed by atoms with Crippen LogP contribution < -0.4 is 5.32 Å². The molecule has 0 spiro atoms. The predicted octanol–water partition coefficient (Wildman–Crippen LogP) is 0.558. The number of nitrogens with one attached hydrogen (secondary N) is 1. The number of carboxylic acid groups (broad SMARTS) is 1. The van der Waals surface area contributed by atoms with Gasteiger partial charge in [-0.1, -0.05) is 30.3 Å². The minimum atomic E-state index is -1.18. The second kappa shape index (κ2) is 4.25. The van der Waals surface area contributed by atoms with Crippen molar-refractivity contribution in [3.63, 3.8) is 0 Å². The molecule has 0 aliphatic carbocycles. The number of hydrogen-bond donors (Lipinski definition) is 2. The quantitative estimate of drug-likeness (QED) is 0.668. The fourth-order valence-electron chi connectivity index (χ4n) is 0.992. The van der Waals surface area contributed by atoms with Crippen LogP contribution in [0.2, 0.25) is 0 Å². The first-order valence-electron chi connectivity index (χ1n) is 4.16. The summed E-state index contributed by atoms with van der Waals surface area (Å²) in [7, 11) is 0. The van der Waals surface area contributed by atoms with Crippen molar-refractivity contribution in [2.75, 3.05) is 0 Å². The molecule has 68 valence electrons. The van der Waals surface area contributed by atoms with Crippen molar-refractivity contribution < 1.29 is 16.1 Å². The molecule has 0 saturated heterocycles. The molecule has 4 nitrogen and oxygen atoms in total. The maximum atomic E-state index is 10.7. The maximum Gasteiger partial charge on any atom is 0.330 e. The third-order valence-electron chi connectivity index (χ3n) is 1.58. The summed E-state index contributed by atoms with van der Waals surface area (Å²) >= 11 is 0. The van der Waals surface area contributed by atoms with Crippen LogP contribution in [0.3, 0.4) is 0 Å². The van der Waals surface area contributed by atoms with Gasteiger partial charge in [-0.15, -0.1) is 0 Å². The standard InChI is InChI=1S/C9H9NO3/c11-6-10-8(9(12)13)7-4-2-1-3-5-7/h1-6,8H,(H,10,11)(H,12,13)/i6D. The van der Waals surface area contributed by atoms with Crippen molar-refractivity contribution in [3.05, 3.63) is 35.9 Å². The van der Waals surface area contributed by atoms with Crippen LogP contribution in [0.15, 0.2) is 30.3 Å². The van der Waals surface area contributed by atoms with Gasteiger partial charge in [0, 0.05) is 0 Å². The molecule has 4 heteroatoms. The Hall–Kier alpha value is -1.84. The molecule has 0 heterocycles. The van der Waals surface area contributed by atoms with E-state index in [-0.39, 0.29) is 0 Å². The Balaban J connectivity index is 2.89. The van der Waals surface area contributed by atoms with Gasteiger partial charge >= 0.3 is 5.97 Å². The lowest BCUT2D eigenvalue weighted by molar-refractivity contribution is -0.140. The molecular formula is C9H9NO3. The van der Waals surface area contributed by atoms with Crippen LogP contribution in [0.25, 0.3) is 0 Å². The zero-order valence-electron chi connectivity index (χ0n) is 7.73. The Labute approximate surface area is 76.6 Å². The number of carbonyl (C=O) groups is 2. The molecule has 1 unspecified atom stereocenters. The fraction of sp³-hybridized carbons (Fsp3) is 0.111. The van der Waals surface area contributed by atoms with Gasteiger partial charge in [0.05, 0.1) is 0 Å². The minimum absolute atomic E-state index is 0.445. The summed E-state index contributed by atoms with van der Waals surface area (Å²) in [5, 5.41) is 10.8. The number of rotatable bonds is 3. The Morgan fingerprint density at radius 3 is 2.62 bits per heavy atom. The third-order valence-corrected chi connectivity index (χ3v) is 1.58. The monoisotopic (exact) mass is 180 g/mol. The molecular weight excluding hydrogens is 170 g/mol. The fourth-order valence-corrected chi connectivity index (χ4v) is 0.992. The zero-order chi connectivity index (χ0) is 10.6. The average molecular weight is 180 g/mol. The molecule has 1 amide bonds.